The van der Waals surface area contributed by atoms with Crippen molar-refractivity contribution in [2.24, 2.45) is 0 Å². The summed E-state index contributed by atoms with van der Waals surface area (Å²) in [6.45, 7) is 0.353. The van der Waals surface area contributed by atoms with Crippen LogP contribution < -0.4 is 5.32 Å². The highest BCUT2D eigenvalue weighted by molar-refractivity contribution is 6.30. The fourth-order valence-corrected chi connectivity index (χ4v) is 2.10. The molecule has 0 atom stereocenters. The lowest BCUT2D eigenvalue weighted by Gasteiger charge is -2.08. The van der Waals surface area contributed by atoms with Crippen molar-refractivity contribution in [2.75, 3.05) is 5.32 Å². The summed E-state index contributed by atoms with van der Waals surface area (Å²) >= 11 is 5.86. The van der Waals surface area contributed by atoms with Crippen molar-refractivity contribution in [1.29, 1.82) is 0 Å². The molecule has 0 bridgehead atoms. The molecule has 4 nitrogen and oxygen atoms in total. The van der Waals surface area contributed by atoms with Gasteiger partial charge in [0.15, 0.2) is 0 Å². The Labute approximate surface area is 125 Å². The van der Waals surface area contributed by atoms with Gasteiger partial charge in [0.1, 0.15) is 5.82 Å². The van der Waals surface area contributed by atoms with Gasteiger partial charge in [0.05, 0.1) is 0 Å². The van der Waals surface area contributed by atoms with Crippen LogP contribution in [0.15, 0.2) is 53.3 Å². The predicted octanol–water partition coefficient (Wildman–Crippen LogP) is 4.14. The molecule has 0 fully saturated rings. The third kappa shape index (κ3) is 3.20. The molecule has 0 aliphatic heterocycles. The Morgan fingerprint density at radius 1 is 1.14 bits per heavy atom. The zero-order valence-corrected chi connectivity index (χ0v) is 11.6. The smallest absolute Gasteiger partial charge is 0.247 e. The maximum atomic E-state index is 13.6. The van der Waals surface area contributed by atoms with E-state index in [1.54, 1.807) is 6.07 Å². The van der Waals surface area contributed by atoms with E-state index in [2.05, 4.69) is 15.5 Å². The summed E-state index contributed by atoms with van der Waals surface area (Å²) in [5, 5.41) is 11.1. The van der Waals surface area contributed by atoms with Crippen molar-refractivity contribution in [1.82, 2.24) is 10.2 Å². The second kappa shape index (κ2) is 5.93. The zero-order chi connectivity index (χ0) is 14.7. The molecule has 0 radical (unpaired) electrons. The molecule has 0 unspecified atom stereocenters. The minimum absolute atomic E-state index is 0.283. The van der Waals surface area contributed by atoms with Crippen LogP contribution in [0, 0.1) is 5.82 Å². The van der Waals surface area contributed by atoms with E-state index >= 15 is 0 Å². The Balaban J connectivity index is 1.70. The fourth-order valence-electron chi connectivity index (χ4n) is 1.91. The molecule has 0 saturated heterocycles. The third-order valence-electron chi connectivity index (χ3n) is 2.98. The molecule has 3 rings (SSSR count). The first-order valence-electron chi connectivity index (χ1n) is 6.27. The van der Waals surface area contributed by atoms with E-state index in [0.717, 1.165) is 11.3 Å². The van der Waals surface area contributed by atoms with Crippen LogP contribution in [0.5, 0.6) is 0 Å². The molecule has 106 valence electrons. The van der Waals surface area contributed by atoms with Crippen LogP contribution in [0.2, 0.25) is 5.02 Å². The largest absolute Gasteiger partial charge is 0.423 e. The number of rotatable bonds is 4. The van der Waals surface area contributed by atoms with Crippen molar-refractivity contribution < 1.29 is 8.81 Å². The van der Waals surface area contributed by atoms with Gasteiger partial charge in [-0.2, -0.15) is 0 Å². The van der Waals surface area contributed by atoms with Crippen molar-refractivity contribution >= 4 is 17.3 Å². The third-order valence-corrected chi connectivity index (χ3v) is 3.22. The molecule has 1 aromatic heterocycles. The van der Waals surface area contributed by atoms with E-state index in [1.807, 2.05) is 24.3 Å². The molecule has 1 heterocycles. The number of nitrogens with zero attached hydrogens (tertiary/aromatic N) is 2. The van der Waals surface area contributed by atoms with Crippen LogP contribution in [0.3, 0.4) is 0 Å². The molecular formula is C15H11ClFN3O. The van der Waals surface area contributed by atoms with Gasteiger partial charge in [-0.3, -0.25) is 0 Å². The van der Waals surface area contributed by atoms with Crippen LogP contribution in [-0.4, -0.2) is 10.2 Å². The zero-order valence-electron chi connectivity index (χ0n) is 10.9. The molecule has 0 aliphatic carbocycles. The van der Waals surface area contributed by atoms with E-state index in [-0.39, 0.29) is 5.82 Å². The normalized spacial score (nSPS) is 10.6. The second-order valence-corrected chi connectivity index (χ2v) is 4.85. The molecule has 0 aliphatic rings. The first-order valence-corrected chi connectivity index (χ1v) is 6.64. The lowest BCUT2D eigenvalue weighted by atomic mass is 10.2. The molecule has 0 saturated carbocycles. The number of benzene rings is 2. The first-order chi connectivity index (χ1) is 10.2. The van der Waals surface area contributed by atoms with Crippen molar-refractivity contribution in [3.05, 3.63) is 65.3 Å². The topological polar surface area (TPSA) is 51.0 Å². The van der Waals surface area contributed by atoms with Gasteiger partial charge in [-0.1, -0.05) is 11.6 Å². The van der Waals surface area contributed by atoms with Gasteiger partial charge in [-0.15, -0.1) is 10.2 Å². The summed E-state index contributed by atoms with van der Waals surface area (Å²) in [7, 11) is 0. The summed E-state index contributed by atoms with van der Waals surface area (Å²) in [5.74, 6) is 0.178. The highest BCUT2D eigenvalue weighted by atomic mass is 35.5. The Morgan fingerprint density at radius 2 is 1.95 bits per heavy atom. The Bertz CT molecular complexity index is 729. The second-order valence-electron chi connectivity index (χ2n) is 4.41. The van der Waals surface area contributed by atoms with E-state index < -0.39 is 0 Å². The molecule has 21 heavy (non-hydrogen) atoms. The van der Waals surface area contributed by atoms with E-state index in [1.165, 1.54) is 18.5 Å². The first kappa shape index (κ1) is 13.6. The van der Waals surface area contributed by atoms with Crippen LogP contribution in [0.25, 0.3) is 11.5 Å². The maximum Gasteiger partial charge on any atom is 0.247 e. The van der Waals surface area contributed by atoms with Gasteiger partial charge in [0.2, 0.25) is 12.3 Å². The van der Waals surface area contributed by atoms with Crippen molar-refractivity contribution in [3.63, 3.8) is 0 Å². The minimum Gasteiger partial charge on any atom is -0.423 e. The highest BCUT2D eigenvalue weighted by Gasteiger charge is 2.05. The summed E-state index contributed by atoms with van der Waals surface area (Å²) in [6.07, 6.45) is 1.28. The SMILES string of the molecule is Fc1ccc(Cl)cc1CNc1ccc(-c2nnco2)cc1. The quantitative estimate of drug-likeness (QED) is 0.787. The summed E-state index contributed by atoms with van der Waals surface area (Å²) in [6, 6.07) is 11.9. The summed E-state index contributed by atoms with van der Waals surface area (Å²) < 4.78 is 18.7. The molecule has 3 aromatic rings. The molecule has 0 amide bonds. The Hall–Kier alpha value is -2.40. The number of anilines is 1. The van der Waals surface area contributed by atoms with Crippen molar-refractivity contribution in [3.8, 4) is 11.5 Å². The van der Waals surface area contributed by atoms with Crippen LogP contribution in [0.1, 0.15) is 5.56 Å². The summed E-state index contributed by atoms with van der Waals surface area (Å²) in [5.41, 5.74) is 2.20. The predicted molar refractivity (Wildman–Crippen MR) is 78.5 cm³/mol. The van der Waals surface area contributed by atoms with Gasteiger partial charge in [-0.25, -0.2) is 4.39 Å². The number of hydrogen-bond acceptors (Lipinski definition) is 4. The lowest BCUT2D eigenvalue weighted by Crippen LogP contribution is -2.01. The fraction of sp³-hybridized carbons (Fsp3) is 0.0667. The molecule has 6 heteroatoms. The minimum atomic E-state index is -0.283. The van der Waals surface area contributed by atoms with Gasteiger partial charge in [-0.05, 0) is 42.5 Å². The maximum absolute atomic E-state index is 13.6. The van der Waals surface area contributed by atoms with E-state index in [0.29, 0.717) is 23.0 Å². The van der Waals surface area contributed by atoms with E-state index in [9.17, 15) is 4.39 Å². The number of hydrogen-bond donors (Lipinski definition) is 1. The van der Waals surface area contributed by atoms with Crippen molar-refractivity contribution in [2.45, 2.75) is 6.54 Å². The molecular weight excluding hydrogens is 293 g/mol. The Morgan fingerprint density at radius 3 is 2.67 bits per heavy atom. The van der Waals surface area contributed by atoms with Crippen LogP contribution in [-0.2, 0) is 6.54 Å². The highest BCUT2D eigenvalue weighted by Crippen LogP contribution is 2.20. The van der Waals surface area contributed by atoms with E-state index in [4.69, 9.17) is 16.0 Å². The van der Waals surface area contributed by atoms with Gasteiger partial charge in [0, 0.05) is 28.4 Å². The molecule has 1 N–H and O–H groups in total. The number of nitrogens with one attached hydrogen (secondary N) is 1. The van der Waals surface area contributed by atoms with Gasteiger partial charge < -0.3 is 9.73 Å². The molecule has 2 aromatic carbocycles. The van der Waals surface area contributed by atoms with Gasteiger partial charge in [0.25, 0.3) is 0 Å². The van der Waals surface area contributed by atoms with Crippen LogP contribution in [0.4, 0.5) is 10.1 Å². The van der Waals surface area contributed by atoms with Gasteiger partial charge >= 0.3 is 0 Å². The number of aromatic nitrogens is 2. The monoisotopic (exact) mass is 303 g/mol. The average molecular weight is 304 g/mol. The lowest BCUT2D eigenvalue weighted by molar-refractivity contribution is 0.568. The van der Waals surface area contributed by atoms with Crippen LogP contribution >= 0.6 is 11.6 Å². The Kier molecular flexibility index (Phi) is 3.83. The summed E-state index contributed by atoms with van der Waals surface area (Å²) in [4.78, 5) is 0. The molecule has 0 spiro atoms. The standard InChI is InChI=1S/C15H11ClFN3O/c16-12-3-6-14(17)11(7-12)8-18-13-4-1-10(2-5-13)15-20-19-9-21-15/h1-7,9,18H,8H2. The average Bonchev–Trinajstić information content (AvgIpc) is 3.03. The number of halogens is 2.